The van der Waals surface area contributed by atoms with E-state index in [2.05, 4.69) is 59.2 Å². The Morgan fingerprint density at radius 2 is 2.00 bits per heavy atom. The van der Waals surface area contributed by atoms with E-state index in [1.54, 1.807) is 18.2 Å². The van der Waals surface area contributed by atoms with Gasteiger partial charge in [0.2, 0.25) is 0 Å². The number of hydrogen-bond donors (Lipinski definition) is 3. The van der Waals surface area contributed by atoms with Crippen molar-refractivity contribution in [2.45, 2.75) is 18.6 Å². The van der Waals surface area contributed by atoms with E-state index in [0.717, 1.165) is 25.9 Å². The van der Waals surface area contributed by atoms with Gasteiger partial charge in [-0.2, -0.15) is 5.10 Å². The Balaban J connectivity index is 1.67. The molecule has 0 unspecified atom stereocenters. The number of carbonyl (C=O) groups is 1. The van der Waals surface area contributed by atoms with Crippen molar-refractivity contribution in [1.29, 1.82) is 0 Å². The van der Waals surface area contributed by atoms with E-state index in [9.17, 15) is 9.90 Å². The summed E-state index contributed by atoms with van der Waals surface area (Å²) in [7, 11) is 0. The molecule has 0 saturated carbocycles. The minimum Gasteiger partial charge on any atom is -0.507 e. The first kappa shape index (κ1) is 23.2. The molecule has 2 aromatic carbocycles. The molecule has 0 fully saturated rings. The van der Waals surface area contributed by atoms with Crippen LogP contribution in [0, 0.1) is 0 Å². The second kappa shape index (κ2) is 10.7. The second-order valence-electron chi connectivity index (χ2n) is 6.69. The number of phenols is 1. The number of hydrogen-bond acceptors (Lipinski definition) is 5. The first-order chi connectivity index (χ1) is 14.8. The van der Waals surface area contributed by atoms with Crippen LogP contribution >= 0.6 is 43.6 Å². The molecular weight excluding hydrogens is 546 g/mol. The number of H-pyrrole nitrogens is 1. The molecule has 1 aromatic heterocycles. The molecule has 3 aromatic rings. The molecule has 0 aliphatic heterocycles. The highest BCUT2D eigenvalue weighted by Gasteiger charge is 2.22. The molecule has 1 amide bonds. The highest BCUT2D eigenvalue weighted by molar-refractivity contribution is 9.10. The Kier molecular flexibility index (Phi) is 8.05. The normalized spacial score (nSPS) is 11.1. The number of aromatic nitrogens is 3. The number of halogens is 2. The van der Waals surface area contributed by atoms with Gasteiger partial charge in [-0.3, -0.25) is 4.79 Å². The Bertz CT molecular complexity index is 1130. The van der Waals surface area contributed by atoms with Gasteiger partial charge in [-0.05, 0) is 66.7 Å². The number of phenolic OH excluding ortho intramolecular Hbond substituents is 1. The lowest BCUT2D eigenvalue weighted by Crippen LogP contribution is -2.37. The van der Waals surface area contributed by atoms with Crippen LogP contribution in [-0.4, -0.2) is 33.2 Å². The maximum atomic E-state index is 12.2. The molecule has 10 heteroatoms. The number of amides is 1. The Morgan fingerprint density at radius 3 is 2.71 bits per heavy atom. The number of benzene rings is 2. The zero-order valence-corrected chi connectivity index (χ0v) is 20.6. The summed E-state index contributed by atoms with van der Waals surface area (Å²) >= 11 is 8.07. The van der Waals surface area contributed by atoms with Gasteiger partial charge in [-0.1, -0.05) is 38.4 Å². The lowest BCUT2D eigenvalue weighted by atomic mass is 10.2. The highest BCUT2D eigenvalue weighted by atomic mass is 79.9. The van der Waals surface area contributed by atoms with Crippen molar-refractivity contribution >= 4 is 55.7 Å². The number of hydrazone groups is 1. The number of nitrogens with one attached hydrogen (secondary N) is 2. The van der Waals surface area contributed by atoms with E-state index in [0.29, 0.717) is 17.3 Å². The minimum absolute atomic E-state index is 0.0772. The maximum Gasteiger partial charge on any atom is 0.337 e. The van der Waals surface area contributed by atoms with Crippen LogP contribution in [0.4, 0.5) is 0 Å². The zero-order valence-electron chi connectivity index (χ0n) is 16.6. The van der Waals surface area contributed by atoms with Crippen molar-refractivity contribution in [2.75, 3.05) is 5.75 Å². The third kappa shape index (κ3) is 6.52. The van der Waals surface area contributed by atoms with Crippen LogP contribution in [0.3, 0.4) is 0 Å². The van der Waals surface area contributed by atoms with Gasteiger partial charge in [-0.25, -0.2) is 9.99 Å². The summed E-state index contributed by atoms with van der Waals surface area (Å²) in [6.45, 7) is 6.51. The van der Waals surface area contributed by atoms with Crippen LogP contribution in [-0.2, 0) is 11.3 Å². The minimum atomic E-state index is -0.286. The highest BCUT2D eigenvalue weighted by Crippen LogP contribution is 2.21. The van der Waals surface area contributed by atoms with Crippen LogP contribution in [0.2, 0.25) is 0 Å². The number of thioether (sulfide) groups is 1. The summed E-state index contributed by atoms with van der Waals surface area (Å²) in [6, 6.07) is 12.9. The number of aromatic amines is 1. The number of nitrogens with zero attached hydrogens (tertiary/aromatic N) is 3. The smallest absolute Gasteiger partial charge is 0.337 e. The van der Waals surface area contributed by atoms with E-state index in [4.69, 9.17) is 0 Å². The molecular formula is C21H20Br2N5O2S+. The molecule has 3 rings (SSSR count). The van der Waals surface area contributed by atoms with Gasteiger partial charge in [0.25, 0.3) is 11.7 Å². The summed E-state index contributed by atoms with van der Waals surface area (Å²) in [6.07, 6.45) is 1.39. The van der Waals surface area contributed by atoms with Gasteiger partial charge in [0.05, 0.1) is 29.2 Å². The molecule has 0 radical (unpaired) electrons. The standard InChI is InChI=1S/C21H19Br2N5O2S/c1-13(2)11-28-20(14-3-5-16(22)6-4-14)26-27-21(28)31-12-19(30)25-24-10-15-9-17(23)7-8-18(15)29/h3-10H,1,11-12H2,2H3,(H2,24,25,29,30)/p+1. The largest absolute Gasteiger partial charge is 0.507 e. The van der Waals surface area contributed by atoms with Gasteiger partial charge in [0.1, 0.15) is 5.75 Å². The number of allylic oxidation sites excluding steroid dienone is 1. The molecule has 31 heavy (non-hydrogen) atoms. The molecule has 0 atom stereocenters. The quantitative estimate of drug-likeness (QED) is 0.124. The van der Waals surface area contributed by atoms with Crippen LogP contribution in [0.15, 0.2) is 73.8 Å². The fraction of sp³-hybridized carbons (Fsp3) is 0.143. The first-order valence-electron chi connectivity index (χ1n) is 9.15. The van der Waals surface area contributed by atoms with Crippen LogP contribution in [0.1, 0.15) is 12.5 Å². The number of rotatable bonds is 8. The van der Waals surface area contributed by atoms with Crippen molar-refractivity contribution in [3.8, 4) is 17.1 Å². The third-order valence-electron chi connectivity index (χ3n) is 4.02. The van der Waals surface area contributed by atoms with Gasteiger partial charge in [0, 0.05) is 14.5 Å². The van der Waals surface area contributed by atoms with E-state index in [1.807, 2.05) is 35.8 Å². The predicted molar refractivity (Wildman–Crippen MR) is 129 cm³/mol. The van der Waals surface area contributed by atoms with Gasteiger partial charge in [-0.15, -0.1) is 5.10 Å². The average Bonchev–Trinajstić information content (AvgIpc) is 3.11. The summed E-state index contributed by atoms with van der Waals surface area (Å²) < 4.78 is 3.78. The third-order valence-corrected chi connectivity index (χ3v) is 6.02. The monoisotopic (exact) mass is 564 g/mol. The summed E-state index contributed by atoms with van der Waals surface area (Å²) in [5.74, 6) is 0.753. The Labute approximate surface area is 200 Å². The molecule has 0 saturated heterocycles. The lowest BCUT2D eigenvalue weighted by Gasteiger charge is -2.04. The van der Waals surface area contributed by atoms with Crippen molar-refractivity contribution in [1.82, 2.24) is 15.6 Å². The van der Waals surface area contributed by atoms with Crippen LogP contribution < -0.4 is 9.99 Å². The molecule has 0 aliphatic carbocycles. The van der Waals surface area contributed by atoms with E-state index >= 15 is 0 Å². The SMILES string of the molecule is C=C(C)C[n+]1c(SCC(=O)N/N=C/c2cc(Br)ccc2O)n[nH]c1-c1ccc(Br)cc1. The van der Waals surface area contributed by atoms with E-state index in [-0.39, 0.29) is 17.4 Å². The average molecular weight is 566 g/mol. The van der Waals surface area contributed by atoms with Crippen molar-refractivity contribution in [3.05, 3.63) is 69.1 Å². The van der Waals surface area contributed by atoms with Crippen molar-refractivity contribution in [3.63, 3.8) is 0 Å². The summed E-state index contributed by atoms with van der Waals surface area (Å²) in [4.78, 5) is 12.2. The summed E-state index contributed by atoms with van der Waals surface area (Å²) in [5.41, 5.74) is 4.91. The summed E-state index contributed by atoms with van der Waals surface area (Å²) in [5, 5.41) is 21.8. The molecule has 0 aliphatic rings. The number of carbonyl (C=O) groups excluding carboxylic acids is 1. The first-order valence-corrected chi connectivity index (χ1v) is 11.7. The fourth-order valence-electron chi connectivity index (χ4n) is 2.64. The van der Waals surface area contributed by atoms with Gasteiger partial charge in [0.15, 0.2) is 0 Å². The molecule has 0 spiro atoms. The maximum absolute atomic E-state index is 12.2. The predicted octanol–water partition coefficient (Wildman–Crippen LogP) is 4.41. The van der Waals surface area contributed by atoms with Crippen molar-refractivity contribution < 1.29 is 14.5 Å². The molecule has 0 bridgehead atoms. The Hall–Kier alpha value is -2.43. The van der Waals surface area contributed by atoms with E-state index < -0.39 is 0 Å². The molecule has 160 valence electrons. The number of aromatic hydroxyl groups is 1. The Morgan fingerprint density at radius 1 is 1.29 bits per heavy atom. The van der Waals surface area contributed by atoms with Crippen LogP contribution in [0.5, 0.6) is 5.75 Å². The molecule has 7 nitrogen and oxygen atoms in total. The van der Waals surface area contributed by atoms with Crippen LogP contribution in [0.25, 0.3) is 11.4 Å². The topological polar surface area (TPSA) is 94.2 Å². The lowest BCUT2D eigenvalue weighted by molar-refractivity contribution is -0.715. The second-order valence-corrected chi connectivity index (χ2v) is 9.46. The molecule has 1 heterocycles. The van der Waals surface area contributed by atoms with E-state index in [1.165, 1.54) is 18.0 Å². The van der Waals surface area contributed by atoms with Gasteiger partial charge >= 0.3 is 5.16 Å². The zero-order chi connectivity index (χ0) is 22.4. The van der Waals surface area contributed by atoms with Gasteiger partial charge < -0.3 is 5.11 Å². The molecule has 3 N–H and O–H groups in total. The fourth-order valence-corrected chi connectivity index (χ4v) is 4.03. The van der Waals surface area contributed by atoms with Crippen molar-refractivity contribution in [2.24, 2.45) is 5.10 Å².